The van der Waals surface area contributed by atoms with Crippen molar-refractivity contribution in [3.05, 3.63) is 24.3 Å². The highest BCUT2D eigenvalue weighted by molar-refractivity contribution is 5.93. The Kier molecular flexibility index (Phi) is 3.87. The van der Waals surface area contributed by atoms with Crippen molar-refractivity contribution in [3.8, 4) is 0 Å². The number of hydrogen-bond acceptors (Lipinski definition) is 3. The van der Waals surface area contributed by atoms with Crippen LogP contribution in [0.3, 0.4) is 0 Å². The third-order valence-electron chi connectivity index (χ3n) is 3.41. The van der Waals surface area contributed by atoms with Gasteiger partial charge < -0.3 is 15.1 Å². The summed E-state index contributed by atoms with van der Waals surface area (Å²) in [5.41, 5.74) is 2.01. The number of nitrogens with one attached hydrogen (secondary N) is 1. The predicted octanol–water partition coefficient (Wildman–Crippen LogP) is 1.64. The normalized spacial score (nSPS) is 19.8. The van der Waals surface area contributed by atoms with Crippen LogP contribution in [0.2, 0.25) is 0 Å². The van der Waals surface area contributed by atoms with E-state index in [0.29, 0.717) is 0 Å². The highest BCUT2D eigenvalue weighted by atomic mass is 16.1. The Morgan fingerprint density at radius 1 is 1.33 bits per heavy atom. The summed E-state index contributed by atoms with van der Waals surface area (Å²) in [4.78, 5) is 16.3. The Hall–Kier alpha value is -1.55. The van der Waals surface area contributed by atoms with Gasteiger partial charge in [0.15, 0.2) is 0 Å². The molecule has 1 atom stereocenters. The minimum Gasteiger partial charge on any atom is -0.378 e. The molecule has 1 fully saturated rings. The first-order chi connectivity index (χ1) is 8.56. The van der Waals surface area contributed by atoms with Gasteiger partial charge in [-0.3, -0.25) is 4.79 Å². The molecule has 4 nitrogen and oxygen atoms in total. The predicted molar refractivity (Wildman–Crippen MR) is 75.0 cm³/mol. The molecule has 0 aromatic heterocycles. The van der Waals surface area contributed by atoms with Crippen LogP contribution in [0.15, 0.2) is 24.3 Å². The number of rotatable bonds is 3. The molecule has 1 saturated heterocycles. The topological polar surface area (TPSA) is 35.6 Å². The summed E-state index contributed by atoms with van der Waals surface area (Å²) in [6, 6.07) is 7.92. The molecule has 1 aromatic carbocycles. The Morgan fingerprint density at radius 2 is 2.00 bits per heavy atom. The first kappa shape index (κ1) is 12.9. The van der Waals surface area contributed by atoms with Crippen molar-refractivity contribution in [2.24, 2.45) is 5.92 Å². The molecule has 1 unspecified atom stereocenters. The SMILES string of the molecule is CN1CCC(C(=O)Nc2ccc(N(C)C)cc2)C1. The van der Waals surface area contributed by atoms with E-state index >= 15 is 0 Å². The maximum atomic E-state index is 12.0. The third-order valence-corrected chi connectivity index (χ3v) is 3.41. The fourth-order valence-electron chi connectivity index (χ4n) is 2.24. The van der Waals surface area contributed by atoms with Crippen molar-refractivity contribution in [1.29, 1.82) is 0 Å². The molecule has 1 aliphatic heterocycles. The molecule has 0 bridgehead atoms. The molecule has 0 spiro atoms. The molecule has 1 N–H and O–H groups in total. The maximum absolute atomic E-state index is 12.0. The summed E-state index contributed by atoms with van der Waals surface area (Å²) >= 11 is 0. The number of amides is 1. The molecular formula is C14H21N3O. The van der Waals surface area contributed by atoms with E-state index in [0.717, 1.165) is 30.9 Å². The second kappa shape index (κ2) is 5.40. The molecule has 2 rings (SSSR count). The fraction of sp³-hybridized carbons (Fsp3) is 0.500. The van der Waals surface area contributed by atoms with E-state index in [-0.39, 0.29) is 11.8 Å². The molecule has 0 aliphatic carbocycles. The van der Waals surface area contributed by atoms with Crippen molar-refractivity contribution in [1.82, 2.24) is 4.90 Å². The number of carbonyl (C=O) groups is 1. The van der Waals surface area contributed by atoms with E-state index in [1.165, 1.54) is 0 Å². The van der Waals surface area contributed by atoms with Gasteiger partial charge in [0.05, 0.1) is 5.92 Å². The van der Waals surface area contributed by atoms with Crippen LogP contribution in [0, 0.1) is 5.92 Å². The lowest BCUT2D eigenvalue weighted by Crippen LogP contribution is -2.25. The molecule has 0 radical (unpaired) electrons. The van der Waals surface area contributed by atoms with E-state index < -0.39 is 0 Å². The van der Waals surface area contributed by atoms with Gasteiger partial charge in [0, 0.05) is 32.0 Å². The zero-order valence-electron chi connectivity index (χ0n) is 11.3. The van der Waals surface area contributed by atoms with Crippen LogP contribution in [0.1, 0.15) is 6.42 Å². The van der Waals surface area contributed by atoms with Crippen molar-refractivity contribution in [2.75, 3.05) is 44.4 Å². The van der Waals surface area contributed by atoms with Crippen molar-refractivity contribution >= 4 is 17.3 Å². The van der Waals surface area contributed by atoms with Crippen molar-refractivity contribution in [2.45, 2.75) is 6.42 Å². The van der Waals surface area contributed by atoms with Crippen molar-refractivity contribution in [3.63, 3.8) is 0 Å². The first-order valence-corrected chi connectivity index (χ1v) is 6.33. The number of benzene rings is 1. The Labute approximate surface area is 109 Å². The summed E-state index contributed by atoms with van der Waals surface area (Å²) in [5.74, 6) is 0.264. The van der Waals surface area contributed by atoms with Gasteiger partial charge in [-0.25, -0.2) is 0 Å². The number of nitrogens with zero attached hydrogens (tertiary/aromatic N) is 2. The maximum Gasteiger partial charge on any atom is 0.228 e. The van der Waals surface area contributed by atoms with Gasteiger partial charge in [0.2, 0.25) is 5.91 Å². The second-order valence-electron chi connectivity index (χ2n) is 5.18. The molecule has 1 aliphatic rings. The summed E-state index contributed by atoms with van der Waals surface area (Å²) in [6.07, 6.45) is 0.956. The van der Waals surface area contributed by atoms with Gasteiger partial charge in [-0.05, 0) is 44.3 Å². The molecular weight excluding hydrogens is 226 g/mol. The zero-order chi connectivity index (χ0) is 13.1. The first-order valence-electron chi connectivity index (χ1n) is 6.33. The molecule has 98 valence electrons. The van der Waals surface area contributed by atoms with Crippen LogP contribution in [-0.4, -0.2) is 45.0 Å². The van der Waals surface area contributed by atoms with Crippen LogP contribution in [-0.2, 0) is 4.79 Å². The third kappa shape index (κ3) is 3.01. The summed E-state index contributed by atoms with van der Waals surface area (Å²) in [6.45, 7) is 1.87. The number of hydrogen-bond donors (Lipinski definition) is 1. The fourth-order valence-corrected chi connectivity index (χ4v) is 2.24. The molecule has 1 heterocycles. The molecule has 4 heteroatoms. The summed E-state index contributed by atoms with van der Waals surface area (Å²) in [5, 5.41) is 2.99. The van der Waals surface area contributed by atoms with E-state index in [1.807, 2.05) is 43.3 Å². The van der Waals surface area contributed by atoms with Gasteiger partial charge in [-0.15, -0.1) is 0 Å². The molecule has 18 heavy (non-hydrogen) atoms. The summed E-state index contributed by atoms with van der Waals surface area (Å²) in [7, 11) is 6.06. The monoisotopic (exact) mass is 247 g/mol. The van der Waals surface area contributed by atoms with Crippen LogP contribution >= 0.6 is 0 Å². The van der Waals surface area contributed by atoms with E-state index in [9.17, 15) is 4.79 Å². The number of anilines is 2. The lowest BCUT2D eigenvalue weighted by Gasteiger charge is -2.14. The summed E-state index contributed by atoms with van der Waals surface area (Å²) < 4.78 is 0. The van der Waals surface area contributed by atoms with Crippen LogP contribution < -0.4 is 10.2 Å². The Balaban J connectivity index is 1.95. The molecule has 0 saturated carbocycles. The highest BCUT2D eigenvalue weighted by Gasteiger charge is 2.25. The van der Waals surface area contributed by atoms with Crippen molar-refractivity contribution < 1.29 is 4.79 Å². The van der Waals surface area contributed by atoms with E-state index in [1.54, 1.807) is 0 Å². The lowest BCUT2D eigenvalue weighted by atomic mass is 10.1. The van der Waals surface area contributed by atoms with Gasteiger partial charge in [-0.1, -0.05) is 0 Å². The molecule has 1 amide bonds. The lowest BCUT2D eigenvalue weighted by molar-refractivity contribution is -0.119. The zero-order valence-corrected chi connectivity index (χ0v) is 11.3. The van der Waals surface area contributed by atoms with Crippen LogP contribution in [0.4, 0.5) is 11.4 Å². The van der Waals surface area contributed by atoms with Gasteiger partial charge in [-0.2, -0.15) is 0 Å². The largest absolute Gasteiger partial charge is 0.378 e. The van der Waals surface area contributed by atoms with Gasteiger partial charge >= 0.3 is 0 Å². The van der Waals surface area contributed by atoms with Gasteiger partial charge in [0.1, 0.15) is 0 Å². The highest BCUT2D eigenvalue weighted by Crippen LogP contribution is 2.19. The average Bonchev–Trinajstić information content (AvgIpc) is 2.76. The quantitative estimate of drug-likeness (QED) is 0.882. The van der Waals surface area contributed by atoms with Gasteiger partial charge in [0.25, 0.3) is 0 Å². The van der Waals surface area contributed by atoms with E-state index in [4.69, 9.17) is 0 Å². The number of likely N-dealkylation sites (tertiary alicyclic amines) is 1. The minimum atomic E-state index is 0.128. The standard InChI is InChI=1S/C14H21N3O/c1-16(2)13-6-4-12(5-7-13)15-14(18)11-8-9-17(3)10-11/h4-7,11H,8-10H2,1-3H3,(H,15,18). The number of carbonyl (C=O) groups excluding carboxylic acids is 1. The minimum absolute atomic E-state index is 0.128. The smallest absolute Gasteiger partial charge is 0.228 e. The van der Waals surface area contributed by atoms with E-state index in [2.05, 4.69) is 17.3 Å². The Morgan fingerprint density at radius 3 is 2.50 bits per heavy atom. The van der Waals surface area contributed by atoms with Crippen LogP contribution in [0.25, 0.3) is 0 Å². The van der Waals surface area contributed by atoms with Crippen LogP contribution in [0.5, 0.6) is 0 Å². The average molecular weight is 247 g/mol. The Bertz CT molecular complexity index is 414. The second-order valence-corrected chi connectivity index (χ2v) is 5.18. The molecule has 1 aromatic rings.